The molecule has 1 aromatic heterocycles. The molecule has 0 spiro atoms. The number of fused-ring (bicyclic) bond motifs is 1. The smallest absolute Gasteiger partial charge is 0.339 e. The number of rotatable bonds is 2. The summed E-state index contributed by atoms with van der Waals surface area (Å²) in [6.07, 6.45) is 0. The number of carbonyl (C=O) groups is 1. The number of nitrogens with one attached hydrogen (secondary N) is 1. The Morgan fingerprint density at radius 1 is 1.26 bits per heavy atom. The first-order chi connectivity index (χ1) is 8.82. The lowest BCUT2D eigenvalue weighted by Crippen LogP contribution is -2.11. The van der Waals surface area contributed by atoms with Gasteiger partial charge in [-0.3, -0.25) is 0 Å². The van der Waals surface area contributed by atoms with Gasteiger partial charge in [0.05, 0.1) is 5.52 Å². The zero-order valence-electron chi connectivity index (χ0n) is 11.6. The van der Waals surface area contributed by atoms with Crippen molar-refractivity contribution in [2.45, 2.75) is 26.2 Å². The molecular formula is C15H18N2O2. The molecule has 4 heteroatoms. The minimum atomic E-state index is -0.972. The minimum Gasteiger partial charge on any atom is -0.478 e. The van der Waals surface area contributed by atoms with Crippen LogP contribution >= 0.6 is 0 Å². The zero-order valence-corrected chi connectivity index (χ0v) is 11.6. The number of anilines is 1. The molecule has 0 saturated carbocycles. The van der Waals surface area contributed by atoms with Crippen LogP contribution in [0.25, 0.3) is 10.9 Å². The number of aromatic carboxylic acids is 1. The average Bonchev–Trinajstić information content (AvgIpc) is 2.35. The SMILES string of the molecule is CNc1nc2ccc(C(C)(C)C)cc2cc1C(=O)O. The Morgan fingerprint density at radius 3 is 2.47 bits per heavy atom. The van der Waals surface area contributed by atoms with Crippen molar-refractivity contribution < 1.29 is 9.90 Å². The Labute approximate surface area is 112 Å². The maximum absolute atomic E-state index is 11.2. The van der Waals surface area contributed by atoms with Gasteiger partial charge in [-0.25, -0.2) is 9.78 Å². The Balaban J connectivity index is 2.69. The second-order valence-electron chi connectivity index (χ2n) is 5.60. The summed E-state index contributed by atoms with van der Waals surface area (Å²) in [5, 5.41) is 12.9. The predicted molar refractivity (Wildman–Crippen MR) is 76.9 cm³/mol. The Kier molecular flexibility index (Phi) is 3.18. The maximum Gasteiger partial charge on any atom is 0.339 e. The number of benzene rings is 1. The Morgan fingerprint density at radius 2 is 1.95 bits per heavy atom. The van der Waals surface area contributed by atoms with Gasteiger partial charge in [0.25, 0.3) is 0 Å². The number of aromatic nitrogens is 1. The molecule has 0 fully saturated rings. The van der Waals surface area contributed by atoms with Crippen molar-refractivity contribution in [1.82, 2.24) is 4.98 Å². The van der Waals surface area contributed by atoms with E-state index in [4.69, 9.17) is 0 Å². The molecule has 1 heterocycles. The van der Waals surface area contributed by atoms with Crippen LogP contribution in [0.2, 0.25) is 0 Å². The summed E-state index contributed by atoms with van der Waals surface area (Å²) in [4.78, 5) is 15.6. The lowest BCUT2D eigenvalue weighted by molar-refractivity contribution is 0.0698. The summed E-state index contributed by atoms with van der Waals surface area (Å²) in [5.41, 5.74) is 2.18. The molecule has 4 nitrogen and oxygen atoms in total. The van der Waals surface area contributed by atoms with Crippen molar-refractivity contribution in [1.29, 1.82) is 0 Å². The number of hydrogen-bond acceptors (Lipinski definition) is 3. The van der Waals surface area contributed by atoms with Crippen molar-refractivity contribution >= 4 is 22.7 Å². The van der Waals surface area contributed by atoms with Crippen LogP contribution in [0.5, 0.6) is 0 Å². The zero-order chi connectivity index (χ0) is 14.2. The van der Waals surface area contributed by atoms with Crippen LogP contribution < -0.4 is 5.32 Å². The van der Waals surface area contributed by atoms with E-state index in [1.54, 1.807) is 13.1 Å². The Hall–Kier alpha value is -2.10. The largest absolute Gasteiger partial charge is 0.478 e. The molecule has 0 aliphatic carbocycles. The minimum absolute atomic E-state index is 0.0270. The van der Waals surface area contributed by atoms with Gasteiger partial charge < -0.3 is 10.4 Å². The van der Waals surface area contributed by atoms with Gasteiger partial charge in [-0.15, -0.1) is 0 Å². The fraction of sp³-hybridized carbons (Fsp3) is 0.333. The summed E-state index contributed by atoms with van der Waals surface area (Å²) in [6.45, 7) is 6.38. The van der Waals surface area contributed by atoms with Crippen molar-refractivity contribution in [3.63, 3.8) is 0 Å². The van der Waals surface area contributed by atoms with Crippen LogP contribution in [0, 0.1) is 0 Å². The first-order valence-corrected chi connectivity index (χ1v) is 6.19. The topological polar surface area (TPSA) is 62.2 Å². The quantitative estimate of drug-likeness (QED) is 0.867. The third kappa shape index (κ3) is 2.52. The third-order valence-corrected chi connectivity index (χ3v) is 3.15. The van der Waals surface area contributed by atoms with Gasteiger partial charge in [-0.2, -0.15) is 0 Å². The number of pyridine rings is 1. The third-order valence-electron chi connectivity index (χ3n) is 3.15. The molecular weight excluding hydrogens is 240 g/mol. The summed E-state index contributed by atoms with van der Waals surface area (Å²) in [5.74, 6) is -0.580. The highest BCUT2D eigenvalue weighted by atomic mass is 16.4. The van der Waals surface area contributed by atoms with Crippen molar-refractivity contribution in [2.75, 3.05) is 12.4 Å². The Bertz CT molecular complexity index is 642. The van der Waals surface area contributed by atoms with Crippen LogP contribution in [0.3, 0.4) is 0 Å². The van der Waals surface area contributed by atoms with E-state index in [9.17, 15) is 9.90 Å². The molecule has 0 radical (unpaired) electrons. The van der Waals surface area contributed by atoms with E-state index in [1.807, 2.05) is 18.2 Å². The van der Waals surface area contributed by atoms with E-state index in [2.05, 4.69) is 31.1 Å². The molecule has 0 amide bonds. The molecule has 0 saturated heterocycles. The molecule has 2 aromatic rings. The number of carboxylic acids is 1. The van der Waals surface area contributed by atoms with E-state index >= 15 is 0 Å². The van der Waals surface area contributed by atoms with E-state index < -0.39 is 5.97 Å². The molecule has 19 heavy (non-hydrogen) atoms. The highest BCUT2D eigenvalue weighted by Gasteiger charge is 2.16. The number of hydrogen-bond donors (Lipinski definition) is 2. The van der Waals surface area contributed by atoms with Crippen LogP contribution in [0.4, 0.5) is 5.82 Å². The lowest BCUT2D eigenvalue weighted by atomic mass is 9.86. The van der Waals surface area contributed by atoms with E-state index in [1.165, 1.54) is 0 Å². The van der Waals surface area contributed by atoms with Gasteiger partial charge in [0.15, 0.2) is 0 Å². The van der Waals surface area contributed by atoms with Crippen molar-refractivity contribution in [3.8, 4) is 0 Å². The summed E-state index contributed by atoms with van der Waals surface area (Å²) < 4.78 is 0. The van der Waals surface area contributed by atoms with Crippen LogP contribution in [0.1, 0.15) is 36.7 Å². The predicted octanol–water partition coefficient (Wildman–Crippen LogP) is 3.27. The standard InChI is InChI=1S/C15H18N2O2/c1-15(2,3)10-5-6-12-9(7-10)8-11(14(18)19)13(16-4)17-12/h5-8H,1-4H3,(H,16,17)(H,18,19). The average molecular weight is 258 g/mol. The summed E-state index contributed by atoms with van der Waals surface area (Å²) in [6, 6.07) is 7.65. The molecule has 1 aromatic carbocycles. The van der Waals surface area contributed by atoms with Gasteiger partial charge in [0.1, 0.15) is 11.4 Å². The summed E-state index contributed by atoms with van der Waals surface area (Å²) in [7, 11) is 1.67. The fourth-order valence-corrected chi connectivity index (χ4v) is 2.00. The van der Waals surface area contributed by atoms with E-state index in [-0.39, 0.29) is 11.0 Å². The van der Waals surface area contributed by atoms with Crippen molar-refractivity contribution in [3.05, 3.63) is 35.4 Å². The van der Waals surface area contributed by atoms with Gasteiger partial charge in [-0.1, -0.05) is 26.8 Å². The lowest BCUT2D eigenvalue weighted by Gasteiger charge is -2.19. The van der Waals surface area contributed by atoms with Gasteiger partial charge in [-0.05, 0) is 29.2 Å². The molecule has 2 N–H and O–H groups in total. The number of nitrogens with zero attached hydrogens (tertiary/aromatic N) is 1. The van der Waals surface area contributed by atoms with Crippen LogP contribution in [-0.4, -0.2) is 23.1 Å². The maximum atomic E-state index is 11.2. The van der Waals surface area contributed by atoms with Gasteiger partial charge in [0, 0.05) is 12.4 Å². The van der Waals surface area contributed by atoms with E-state index in [0.717, 1.165) is 16.5 Å². The second-order valence-corrected chi connectivity index (χ2v) is 5.60. The molecule has 100 valence electrons. The molecule has 0 aliphatic heterocycles. The van der Waals surface area contributed by atoms with Crippen LogP contribution in [-0.2, 0) is 5.41 Å². The molecule has 0 bridgehead atoms. The molecule has 0 atom stereocenters. The van der Waals surface area contributed by atoms with Crippen molar-refractivity contribution in [2.24, 2.45) is 0 Å². The second kappa shape index (κ2) is 4.53. The highest BCUT2D eigenvalue weighted by Crippen LogP contribution is 2.27. The van der Waals surface area contributed by atoms with Crippen LogP contribution in [0.15, 0.2) is 24.3 Å². The monoisotopic (exact) mass is 258 g/mol. The molecule has 0 aliphatic rings. The number of carboxylic acid groups (broad SMARTS) is 1. The first kappa shape index (κ1) is 13.3. The normalized spacial score (nSPS) is 11.6. The highest BCUT2D eigenvalue weighted by molar-refractivity contribution is 5.98. The van der Waals surface area contributed by atoms with Gasteiger partial charge in [0.2, 0.25) is 0 Å². The first-order valence-electron chi connectivity index (χ1n) is 6.19. The fourth-order valence-electron chi connectivity index (χ4n) is 2.00. The van der Waals surface area contributed by atoms with E-state index in [0.29, 0.717) is 5.82 Å². The van der Waals surface area contributed by atoms with Gasteiger partial charge >= 0.3 is 5.97 Å². The summed E-state index contributed by atoms with van der Waals surface area (Å²) >= 11 is 0. The molecule has 0 unspecified atom stereocenters. The molecule has 2 rings (SSSR count).